The zero-order valence-electron chi connectivity index (χ0n) is 11.3. The summed E-state index contributed by atoms with van der Waals surface area (Å²) in [5, 5.41) is 3.26. The van der Waals surface area contributed by atoms with E-state index in [2.05, 4.69) is 5.32 Å². The van der Waals surface area contributed by atoms with Crippen LogP contribution in [0.2, 0.25) is 10.0 Å². The summed E-state index contributed by atoms with van der Waals surface area (Å²) in [6, 6.07) is 12.2. The zero-order chi connectivity index (χ0) is 15.4. The molecule has 2 aromatic carbocycles. The molecule has 0 saturated carbocycles. The van der Waals surface area contributed by atoms with Gasteiger partial charge in [0.1, 0.15) is 5.75 Å². The molecule has 21 heavy (non-hydrogen) atoms. The van der Waals surface area contributed by atoms with Crippen LogP contribution in [0.1, 0.15) is 6.92 Å². The third kappa shape index (κ3) is 4.03. The lowest BCUT2D eigenvalue weighted by atomic mass is 10.2. The SMILES string of the molecule is CC(Oc1ccccc1)C(=O)Nc1cc(Cl)c(N)c(Cl)c1. The van der Waals surface area contributed by atoms with Gasteiger partial charge in [-0.25, -0.2) is 0 Å². The van der Waals surface area contributed by atoms with Crippen LogP contribution < -0.4 is 15.8 Å². The van der Waals surface area contributed by atoms with Crippen molar-refractivity contribution < 1.29 is 9.53 Å². The molecule has 2 rings (SSSR count). The van der Waals surface area contributed by atoms with Gasteiger partial charge in [-0.05, 0) is 31.2 Å². The molecule has 0 aliphatic heterocycles. The number of nitrogens with two attached hydrogens (primary N) is 1. The normalized spacial score (nSPS) is 11.8. The van der Waals surface area contributed by atoms with E-state index in [4.69, 9.17) is 33.7 Å². The summed E-state index contributed by atoms with van der Waals surface area (Å²) >= 11 is 11.8. The summed E-state index contributed by atoms with van der Waals surface area (Å²) in [6.07, 6.45) is -0.664. The van der Waals surface area contributed by atoms with Crippen molar-refractivity contribution in [3.8, 4) is 5.75 Å². The quantitative estimate of drug-likeness (QED) is 0.836. The number of anilines is 2. The van der Waals surface area contributed by atoms with Crippen LogP contribution in [0.5, 0.6) is 5.75 Å². The first-order valence-electron chi connectivity index (χ1n) is 6.24. The topological polar surface area (TPSA) is 64.3 Å². The third-order valence-corrected chi connectivity index (χ3v) is 3.40. The van der Waals surface area contributed by atoms with E-state index in [0.717, 1.165) is 0 Å². The van der Waals surface area contributed by atoms with Crippen LogP contribution in [0.3, 0.4) is 0 Å². The summed E-state index contributed by atoms with van der Waals surface area (Å²) in [5.41, 5.74) is 6.39. The van der Waals surface area contributed by atoms with Crippen molar-refractivity contribution in [3.63, 3.8) is 0 Å². The molecule has 4 nitrogen and oxygen atoms in total. The van der Waals surface area contributed by atoms with Crippen LogP contribution in [0.25, 0.3) is 0 Å². The molecule has 110 valence electrons. The molecule has 0 aliphatic rings. The van der Waals surface area contributed by atoms with E-state index in [1.54, 1.807) is 19.1 Å². The maximum absolute atomic E-state index is 12.1. The van der Waals surface area contributed by atoms with Gasteiger partial charge in [0.25, 0.3) is 5.91 Å². The minimum Gasteiger partial charge on any atom is -0.481 e. The monoisotopic (exact) mass is 324 g/mol. The predicted octanol–water partition coefficient (Wildman–Crippen LogP) is 3.98. The summed E-state index contributed by atoms with van der Waals surface area (Å²) in [5.74, 6) is 0.310. The van der Waals surface area contributed by atoms with Crippen molar-refractivity contribution in [2.24, 2.45) is 0 Å². The van der Waals surface area contributed by atoms with Gasteiger partial charge in [0.15, 0.2) is 6.10 Å². The Balaban J connectivity index is 2.04. The van der Waals surface area contributed by atoms with E-state index in [9.17, 15) is 4.79 Å². The number of amides is 1. The van der Waals surface area contributed by atoms with Crippen LogP contribution in [-0.4, -0.2) is 12.0 Å². The van der Waals surface area contributed by atoms with E-state index >= 15 is 0 Å². The number of rotatable bonds is 4. The molecule has 6 heteroatoms. The van der Waals surface area contributed by atoms with Crippen molar-refractivity contribution in [1.82, 2.24) is 0 Å². The number of hydrogen-bond acceptors (Lipinski definition) is 3. The van der Waals surface area contributed by atoms with Crippen molar-refractivity contribution in [1.29, 1.82) is 0 Å². The first-order chi connectivity index (χ1) is 9.97. The van der Waals surface area contributed by atoms with E-state index in [-0.39, 0.29) is 21.6 Å². The first kappa shape index (κ1) is 15.5. The van der Waals surface area contributed by atoms with Crippen LogP contribution in [-0.2, 0) is 4.79 Å². The number of nitrogen functional groups attached to an aromatic ring is 1. The van der Waals surface area contributed by atoms with Gasteiger partial charge in [-0.15, -0.1) is 0 Å². The zero-order valence-corrected chi connectivity index (χ0v) is 12.8. The van der Waals surface area contributed by atoms with Gasteiger partial charge in [-0.2, -0.15) is 0 Å². The molecular weight excluding hydrogens is 311 g/mol. The Hall–Kier alpha value is -1.91. The summed E-state index contributed by atoms with van der Waals surface area (Å²) in [4.78, 5) is 12.1. The molecule has 0 radical (unpaired) electrons. The van der Waals surface area contributed by atoms with Gasteiger partial charge >= 0.3 is 0 Å². The third-order valence-electron chi connectivity index (χ3n) is 2.77. The number of carbonyl (C=O) groups is 1. The lowest BCUT2D eigenvalue weighted by Gasteiger charge is -2.15. The molecule has 1 atom stereocenters. The lowest BCUT2D eigenvalue weighted by Crippen LogP contribution is -2.30. The minimum atomic E-state index is -0.664. The number of nitrogens with one attached hydrogen (secondary N) is 1. The van der Waals surface area contributed by atoms with Crippen molar-refractivity contribution in [3.05, 3.63) is 52.5 Å². The number of benzene rings is 2. The number of ether oxygens (including phenoxy) is 1. The average Bonchev–Trinajstić information content (AvgIpc) is 2.45. The van der Waals surface area contributed by atoms with Gasteiger partial charge in [-0.3, -0.25) is 4.79 Å². The van der Waals surface area contributed by atoms with Crippen molar-refractivity contribution in [2.75, 3.05) is 11.1 Å². The highest BCUT2D eigenvalue weighted by Crippen LogP contribution is 2.31. The second-order valence-corrected chi connectivity index (χ2v) is 5.23. The smallest absolute Gasteiger partial charge is 0.265 e. The number of carbonyl (C=O) groups excluding carboxylic acids is 1. The van der Waals surface area contributed by atoms with Gasteiger partial charge in [0.05, 0.1) is 15.7 Å². The Morgan fingerprint density at radius 2 is 1.76 bits per heavy atom. The number of hydrogen-bond donors (Lipinski definition) is 2. The van der Waals surface area contributed by atoms with Gasteiger partial charge < -0.3 is 15.8 Å². The maximum atomic E-state index is 12.1. The number of halogens is 2. The predicted molar refractivity (Wildman–Crippen MR) is 86.0 cm³/mol. The molecule has 0 aliphatic carbocycles. The highest BCUT2D eigenvalue weighted by atomic mass is 35.5. The van der Waals surface area contributed by atoms with Crippen molar-refractivity contribution in [2.45, 2.75) is 13.0 Å². The molecule has 0 aromatic heterocycles. The second-order valence-electron chi connectivity index (χ2n) is 4.42. The summed E-state index contributed by atoms with van der Waals surface area (Å²) in [7, 11) is 0. The summed E-state index contributed by atoms with van der Waals surface area (Å²) in [6.45, 7) is 1.66. The van der Waals surface area contributed by atoms with Crippen LogP contribution in [0, 0.1) is 0 Å². The molecule has 0 fully saturated rings. The van der Waals surface area contributed by atoms with E-state index in [1.807, 2.05) is 18.2 Å². The molecular formula is C15H14Cl2N2O2. The fourth-order valence-electron chi connectivity index (χ4n) is 1.66. The Morgan fingerprint density at radius 1 is 1.19 bits per heavy atom. The molecule has 3 N–H and O–H groups in total. The Kier molecular flexibility index (Phi) is 4.94. The average molecular weight is 325 g/mol. The molecule has 0 heterocycles. The Bertz CT molecular complexity index is 624. The molecule has 0 saturated heterocycles. The van der Waals surface area contributed by atoms with Crippen LogP contribution in [0.4, 0.5) is 11.4 Å². The molecule has 0 spiro atoms. The standard InChI is InChI=1S/C15H14Cl2N2O2/c1-9(21-11-5-3-2-4-6-11)15(20)19-10-7-12(16)14(18)13(17)8-10/h2-9H,18H2,1H3,(H,19,20). The summed E-state index contributed by atoms with van der Waals surface area (Å²) < 4.78 is 5.53. The van der Waals surface area contributed by atoms with Crippen LogP contribution >= 0.6 is 23.2 Å². The van der Waals surface area contributed by atoms with Crippen molar-refractivity contribution >= 4 is 40.5 Å². The minimum absolute atomic E-state index is 0.282. The fourth-order valence-corrected chi connectivity index (χ4v) is 2.14. The maximum Gasteiger partial charge on any atom is 0.265 e. The lowest BCUT2D eigenvalue weighted by molar-refractivity contribution is -0.122. The highest BCUT2D eigenvalue weighted by Gasteiger charge is 2.16. The number of para-hydroxylation sites is 1. The van der Waals surface area contributed by atoms with Gasteiger partial charge in [0, 0.05) is 5.69 Å². The molecule has 0 bridgehead atoms. The fraction of sp³-hybridized carbons (Fsp3) is 0.133. The van der Waals surface area contributed by atoms with Gasteiger partial charge in [0.2, 0.25) is 0 Å². The molecule has 1 unspecified atom stereocenters. The second kappa shape index (κ2) is 6.70. The van der Waals surface area contributed by atoms with Gasteiger partial charge in [-0.1, -0.05) is 41.4 Å². The molecule has 2 aromatic rings. The van der Waals surface area contributed by atoms with E-state index in [0.29, 0.717) is 11.4 Å². The molecule has 1 amide bonds. The van der Waals surface area contributed by atoms with E-state index < -0.39 is 6.10 Å². The Labute approximate surface area is 132 Å². The largest absolute Gasteiger partial charge is 0.481 e. The first-order valence-corrected chi connectivity index (χ1v) is 7.00. The Morgan fingerprint density at radius 3 is 2.33 bits per heavy atom. The highest BCUT2D eigenvalue weighted by molar-refractivity contribution is 6.39. The van der Waals surface area contributed by atoms with E-state index in [1.165, 1.54) is 12.1 Å². The van der Waals surface area contributed by atoms with Crippen LogP contribution in [0.15, 0.2) is 42.5 Å².